The molecule has 0 spiro atoms. The molecular formula is C12H23NO5S. The minimum atomic E-state index is -2.47. The van der Waals surface area contributed by atoms with Crippen LogP contribution in [-0.4, -0.2) is 50.6 Å². The Morgan fingerprint density at radius 1 is 1.26 bits per heavy atom. The maximum atomic E-state index is 11.8. The molecule has 1 heterocycles. The molecule has 1 amide bonds. The van der Waals surface area contributed by atoms with Crippen molar-refractivity contribution in [3.8, 4) is 0 Å². The van der Waals surface area contributed by atoms with E-state index in [1.807, 2.05) is 20.8 Å². The summed E-state index contributed by atoms with van der Waals surface area (Å²) in [6, 6.07) is 0. The third-order valence-corrected chi connectivity index (χ3v) is 3.21. The molecule has 1 saturated heterocycles. The lowest BCUT2D eigenvalue weighted by atomic mass is 9.98. The molecule has 0 N–H and O–H groups in total. The van der Waals surface area contributed by atoms with Gasteiger partial charge in [-0.1, -0.05) is 0 Å². The van der Waals surface area contributed by atoms with Crippen molar-refractivity contribution in [1.82, 2.24) is 4.90 Å². The van der Waals surface area contributed by atoms with Gasteiger partial charge in [-0.3, -0.25) is 0 Å². The van der Waals surface area contributed by atoms with Gasteiger partial charge in [0.1, 0.15) is 11.5 Å². The van der Waals surface area contributed by atoms with Crippen LogP contribution in [0.4, 0.5) is 4.79 Å². The Labute approximate surface area is 116 Å². The second-order valence-electron chi connectivity index (χ2n) is 5.74. The van der Waals surface area contributed by atoms with Crippen molar-refractivity contribution < 1.29 is 22.7 Å². The van der Waals surface area contributed by atoms with E-state index in [0.717, 1.165) is 12.8 Å². The number of thiol groups is 1. The molecule has 7 heteroatoms. The summed E-state index contributed by atoms with van der Waals surface area (Å²) in [5.41, 5.74) is -0.476. The summed E-state index contributed by atoms with van der Waals surface area (Å²) in [5.74, 6) is 0.0929. The molecule has 0 radical (unpaired) electrons. The van der Waals surface area contributed by atoms with Gasteiger partial charge < -0.3 is 14.4 Å². The van der Waals surface area contributed by atoms with Crippen molar-refractivity contribution >= 4 is 16.8 Å². The number of amides is 1. The number of hydrogen-bond donors (Lipinski definition) is 1. The number of carbonyl (C=O) groups excluding carboxylic acids is 1. The Morgan fingerprint density at radius 3 is 2.32 bits per heavy atom. The van der Waals surface area contributed by atoms with Gasteiger partial charge in [-0.05, 0) is 39.5 Å². The van der Waals surface area contributed by atoms with Crippen LogP contribution >= 0.6 is 0 Å². The second kappa shape index (κ2) is 7.09. The lowest BCUT2D eigenvalue weighted by Crippen LogP contribution is -2.42. The molecule has 0 atom stereocenters. The maximum Gasteiger partial charge on any atom is 0.410 e. The summed E-state index contributed by atoms with van der Waals surface area (Å²) >= 11 is 0. The number of rotatable bonds is 4. The topological polar surface area (TPSA) is 72.9 Å². The number of hydrogen-bond acceptors (Lipinski definition) is 5. The fourth-order valence-electron chi connectivity index (χ4n) is 1.90. The maximum absolute atomic E-state index is 11.8. The smallest absolute Gasteiger partial charge is 0.410 e. The summed E-state index contributed by atoms with van der Waals surface area (Å²) < 4.78 is 31.1. The van der Waals surface area contributed by atoms with Crippen LogP contribution in [0.25, 0.3) is 0 Å². The summed E-state index contributed by atoms with van der Waals surface area (Å²) in [7, 11) is -2.47. The summed E-state index contributed by atoms with van der Waals surface area (Å²) in [4.78, 5) is 13.5. The Balaban J connectivity index is 2.26. The Kier molecular flexibility index (Phi) is 6.06. The van der Waals surface area contributed by atoms with E-state index in [2.05, 4.69) is 0 Å². The first-order valence-corrected chi connectivity index (χ1v) is 7.81. The van der Waals surface area contributed by atoms with Crippen LogP contribution in [0.3, 0.4) is 0 Å². The average molecular weight is 293 g/mol. The van der Waals surface area contributed by atoms with Gasteiger partial charge in [-0.15, -0.1) is 0 Å². The fourth-order valence-corrected chi connectivity index (χ4v) is 2.16. The zero-order valence-electron chi connectivity index (χ0n) is 11.8. The van der Waals surface area contributed by atoms with Crippen LogP contribution < -0.4 is 0 Å². The van der Waals surface area contributed by atoms with E-state index >= 15 is 0 Å². The Hall–Kier alpha value is -0.820. The lowest BCUT2D eigenvalue weighted by molar-refractivity contribution is 0.0138. The van der Waals surface area contributed by atoms with E-state index in [1.165, 1.54) is 0 Å². The van der Waals surface area contributed by atoms with Gasteiger partial charge in [0.25, 0.3) is 0 Å². The number of likely N-dealkylation sites (tertiary alicyclic amines) is 1. The largest absolute Gasteiger partial charge is 0.444 e. The Morgan fingerprint density at radius 2 is 1.84 bits per heavy atom. The first kappa shape index (κ1) is 16.2. The number of ether oxygens (including phenoxy) is 2. The van der Waals surface area contributed by atoms with E-state index in [1.54, 1.807) is 4.90 Å². The van der Waals surface area contributed by atoms with Crippen molar-refractivity contribution in [2.24, 2.45) is 5.92 Å². The number of piperidine rings is 1. The molecule has 1 aliphatic heterocycles. The highest BCUT2D eigenvalue weighted by Crippen LogP contribution is 2.19. The molecule has 1 fully saturated rings. The van der Waals surface area contributed by atoms with Crippen molar-refractivity contribution in [2.45, 2.75) is 39.2 Å². The third kappa shape index (κ3) is 6.77. The van der Waals surface area contributed by atoms with Gasteiger partial charge in [-0.25, -0.2) is 13.2 Å². The highest BCUT2D eigenvalue weighted by atomic mass is 32.2. The average Bonchev–Trinajstić information content (AvgIpc) is 2.27. The van der Waals surface area contributed by atoms with E-state index in [-0.39, 0.29) is 12.0 Å². The highest BCUT2D eigenvalue weighted by molar-refractivity contribution is 7.72. The zero-order valence-corrected chi connectivity index (χ0v) is 12.7. The van der Waals surface area contributed by atoms with Gasteiger partial charge in [0.05, 0.1) is 6.61 Å². The van der Waals surface area contributed by atoms with Gasteiger partial charge in [0.2, 0.25) is 0 Å². The lowest BCUT2D eigenvalue weighted by Gasteiger charge is -2.33. The Bertz CT molecular complexity index is 359. The molecule has 0 unspecified atom stereocenters. The standard InChI is InChI=1S/C12H23NO5S/c1-12(2,3)18-11(14)13-6-4-10(5-7-13)8-17-9-19(15)16/h10,19H,4-9H2,1-3H3. The molecule has 1 rings (SSSR count). The van der Waals surface area contributed by atoms with Gasteiger partial charge in [0, 0.05) is 13.1 Å². The normalized spacial score (nSPS) is 17.8. The monoisotopic (exact) mass is 293 g/mol. The van der Waals surface area contributed by atoms with Crippen LogP contribution in [-0.2, 0) is 20.2 Å². The quantitative estimate of drug-likeness (QED) is 0.789. The van der Waals surface area contributed by atoms with E-state index in [0.29, 0.717) is 25.6 Å². The van der Waals surface area contributed by atoms with Crippen molar-refractivity contribution in [3.05, 3.63) is 0 Å². The first-order valence-electron chi connectivity index (χ1n) is 6.45. The predicted octanol–water partition coefficient (Wildman–Crippen LogP) is 1.22. The van der Waals surface area contributed by atoms with Crippen molar-refractivity contribution in [3.63, 3.8) is 0 Å². The van der Waals surface area contributed by atoms with Crippen LogP contribution in [0.15, 0.2) is 0 Å². The molecule has 0 aromatic rings. The molecule has 0 aliphatic carbocycles. The predicted molar refractivity (Wildman–Crippen MR) is 71.7 cm³/mol. The second-order valence-corrected chi connectivity index (χ2v) is 6.67. The van der Waals surface area contributed by atoms with Crippen LogP contribution in [0.5, 0.6) is 0 Å². The summed E-state index contributed by atoms with van der Waals surface area (Å²) in [5, 5.41) is 0. The molecule has 112 valence electrons. The molecule has 0 aromatic heterocycles. The van der Waals surface area contributed by atoms with Crippen LogP contribution in [0.1, 0.15) is 33.6 Å². The van der Waals surface area contributed by atoms with E-state index in [9.17, 15) is 13.2 Å². The molecule has 0 saturated carbocycles. The SMILES string of the molecule is CC(C)(C)OC(=O)N1CCC(COC[SH](=O)=O)CC1. The summed E-state index contributed by atoms with van der Waals surface area (Å²) in [6.45, 7) is 7.23. The summed E-state index contributed by atoms with van der Waals surface area (Å²) in [6.07, 6.45) is 1.35. The van der Waals surface area contributed by atoms with Crippen molar-refractivity contribution in [1.29, 1.82) is 0 Å². The minimum Gasteiger partial charge on any atom is -0.444 e. The third-order valence-electron chi connectivity index (χ3n) is 2.82. The fraction of sp³-hybridized carbons (Fsp3) is 0.917. The minimum absolute atomic E-state index is 0.221. The van der Waals surface area contributed by atoms with Gasteiger partial charge >= 0.3 is 6.09 Å². The van der Waals surface area contributed by atoms with Crippen molar-refractivity contribution in [2.75, 3.05) is 25.6 Å². The van der Waals surface area contributed by atoms with Gasteiger partial charge in [0.15, 0.2) is 10.7 Å². The zero-order chi connectivity index (χ0) is 14.5. The number of nitrogens with zero attached hydrogens (tertiary/aromatic N) is 1. The number of carbonyl (C=O) groups is 1. The van der Waals surface area contributed by atoms with Crippen LogP contribution in [0.2, 0.25) is 0 Å². The first-order chi connectivity index (χ1) is 8.78. The van der Waals surface area contributed by atoms with Gasteiger partial charge in [-0.2, -0.15) is 0 Å². The molecule has 1 aliphatic rings. The molecule has 6 nitrogen and oxygen atoms in total. The van der Waals surface area contributed by atoms with E-state index < -0.39 is 16.3 Å². The molecule has 0 aromatic carbocycles. The highest BCUT2D eigenvalue weighted by Gasteiger charge is 2.26. The van der Waals surface area contributed by atoms with Crippen LogP contribution in [0, 0.1) is 5.92 Å². The molecule has 0 bridgehead atoms. The molecule has 19 heavy (non-hydrogen) atoms. The van der Waals surface area contributed by atoms with E-state index in [4.69, 9.17) is 9.47 Å². The molecular weight excluding hydrogens is 270 g/mol.